The van der Waals surface area contributed by atoms with Crippen molar-refractivity contribution in [3.63, 3.8) is 0 Å². The van der Waals surface area contributed by atoms with Crippen molar-refractivity contribution in [2.24, 2.45) is 0 Å². The lowest BCUT2D eigenvalue weighted by Gasteiger charge is -2.49. The Labute approximate surface area is 438 Å². The first-order chi connectivity index (χ1) is 33.4. The van der Waals surface area contributed by atoms with Gasteiger partial charge in [0.1, 0.15) is 0 Å². The second-order valence-corrected chi connectivity index (χ2v) is 29.6. The van der Waals surface area contributed by atoms with Gasteiger partial charge in [-0.2, -0.15) is 0 Å². The third kappa shape index (κ3) is 7.52. The zero-order valence-corrected chi connectivity index (χ0v) is 48.3. The highest BCUT2D eigenvalue weighted by molar-refractivity contribution is 7.26. The molecule has 0 fully saturated rings. The second kappa shape index (κ2) is 15.7. The van der Waals surface area contributed by atoms with E-state index in [9.17, 15) is 0 Å². The number of hydrogen-bond donors (Lipinski definition) is 0. The van der Waals surface area contributed by atoms with E-state index in [0.717, 1.165) is 6.42 Å². The summed E-state index contributed by atoms with van der Waals surface area (Å²) in [6.45, 7) is 46.0. The van der Waals surface area contributed by atoms with Gasteiger partial charge < -0.3 is 9.80 Å². The molecule has 0 saturated heterocycles. The molecular weight excluding hydrogens is 888 g/mol. The molecule has 3 heterocycles. The van der Waals surface area contributed by atoms with E-state index >= 15 is 0 Å². The number of nitrogens with zero attached hydrogens (tertiary/aromatic N) is 2. The molecule has 372 valence electrons. The van der Waals surface area contributed by atoms with Crippen LogP contribution in [0.3, 0.4) is 0 Å². The first-order valence-electron chi connectivity index (χ1n) is 27.3. The predicted molar refractivity (Wildman–Crippen MR) is 317 cm³/mol. The quantitative estimate of drug-likeness (QED) is 0.163. The highest BCUT2D eigenvalue weighted by Gasteiger charge is 2.50. The maximum Gasteiger partial charge on any atom is 0.254 e. The Morgan fingerprint density at radius 3 is 1.67 bits per heavy atom. The molecule has 0 radical (unpaired) electrons. The molecule has 0 amide bonds. The Kier molecular flexibility index (Phi) is 10.7. The highest BCUT2D eigenvalue weighted by atomic mass is 32.1. The van der Waals surface area contributed by atoms with Crippen LogP contribution in [0.15, 0.2) is 97.1 Å². The minimum absolute atomic E-state index is 0.00504. The fraction of sp³-hybridized carbons (Fsp3) is 0.441. The van der Waals surface area contributed by atoms with Crippen LogP contribution < -0.4 is 26.2 Å². The van der Waals surface area contributed by atoms with Gasteiger partial charge in [0.25, 0.3) is 6.71 Å². The van der Waals surface area contributed by atoms with Crippen molar-refractivity contribution < 1.29 is 0 Å². The smallest absolute Gasteiger partial charge is 0.254 e. The number of anilines is 6. The van der Waals surface area contributed by atoms with Gasteiger partial charge in [0.05, 0.1) is 10.7 Å². The van der Waals surface area contributed by atoms with Gasteiger partial charge in [-0.05, 0) is 191 Å². The lowest BCUT2D eigenvalue weighted by atomic mass is 9.33. The van der Waals surface area contributed by atoms with Gasteiger partial charge in [-0.3, -0.25) is 0 Å². The minimum Gasteiger partial charge on any atom is -0.310 e. The monoisotopic (exact) mass is 969 g/mol. The van der Waals surface area contributed by atoms with E-state index in [4.69, 9.17) is 0 Å². The van der Waals surface area contributed by atoms with Gasteiger partial charge in [-0.15, -0.1) is 11.3 Å². The zero-order valence-electron chi connectivity index (χ0n) is 47.4. The zero-order chi connectivity index (χ0) is 51.8. The molecule has 0 bridgehead atoms. The van der Waals surface area contributed by atoms with Crippen molar-refractivity contribution in [2.75, 3.05) is 9.80 Å². The molecule has 0 atom stereocenters. The first-order valence-corrected chi connectivity index (χ1v) is 28.1. The number of benzene rings is 6. The predicted octanol–water partition coefficient (Wildman–Crippen LogP) is 17.9. The lowest BCUT2D eigenvalue weighted by molar-refractivity contribution is 0.332. The molecule has 2 aliphatic carbocycles. The highest BCUT2D eigenvalue weighted by Crippen LogP contribution is 2.57. The molecule has 4 aliphatic rings. The van der Waals surface area contributed by atoms with Gasteiger partial charge in [0.15, 0.2) is 0 Å². The normalized spacial score (nSPS) is 18.3. The molecule has 2 aliphatic heterocycles. The average molecular weight is 969 g/mol. The summed E-state index contributed by atoms with van der Waals surface area (Å²) in [5, 5.41) is 2.74. The summed E-state index contributed by atoms with van der Waals surface area (Å²) >= 11 is 1.98. The summed E-state index contributed by atoms with van der Waals surface area (Å²) in [6.07, 6.45) is 4.69. The van der Waals surface area contributed by atoms with E-state index in [1.807, 2.05) is 11.3 Å². The average Bonchev–Trinajstić information content (AvgIpc) is 3.66. The molecule has 0 saturated carbocycles. The van der Waals surface area contributed by atoms with E-state index in [1.165, 1.54) is 140 Å². The third-order valence-electron chi connectivity index (χ3n) is 18.2. The van der Waals surface area contributed by atoms with E-state index in [0.29, 0.717) is 0 Å². The third-order valence-corrected chi connectivity index (χ3v) is 19.4. The van der Waals surface area contributed by atoms with Gasteiger partial charge in [-0.25, -0.2) is 0 Å². The van der Waals surface area contributed by atoms with Crippen LogP contribution >= 0.6 is 11.3 Å². The Hall–Kier alpha value is -5.06. The first kappa shape index (κ1) is 49.2. The van der Waals surface area contributed by atoms with Crippen LogP contribution in [0.1, 0.15) is 193 Å². The minimum atomic E-state index is -0.0616. The van der Waals surface area contributed by atoms with Crippen LogP contribution in [0.4, 0.5) is 33.4 Å². The molecule has 7 aromatic rings. The standard InChI is InChI=1S/C68H81BN2S/c1-40-34-53-58-54(35-40)71(59-41(2)36-45(64(9,10)11)39-47(59)42-20-26-49-51(37-42)67(16,17)31-30-65(49,12)13)60-52(28-27-50-56(60)68(18,19)33-32-66(50,14)15)69(58)57-48-38-44(63(6,7)8)23-29-55(48)72-61(57)70(53)46-24-21-43(22-25-46)62(3,4)5/h20-29,34-39H,30-33H2,1-19H3. The van der Waals surface area contributed by atoms with Crippen molar-refractivity contribution in [3.05, 3.63) is 147 Å². The summed E-state index contributed by atoms with van der Waals surface area (Å²) in [7, 11) is 0. The lowest BCUT2D eigenvalue weighted by Crippen LogP contribution is -2.62. The summed E-state index contributed by atoms with van der Waals surface area (Å²) in [5.41, 5.74) is 26.4. The summed E-state index contributed by atoms with van der Waals surface area (Å²) in [4.78, 5) is 5.50. The van der Waals surface area contributed by atoms with Gasteiger partial charge in [-0.1, -0.05) is 178 Å². The van der Waals surface area contributed by atoms with E-state index < -0.39 is 0 Å². The maximum absolute atomic E-state index is 2.84. The Balaban J connectivity index is 1.31. The summed E-state index contributed by atoms with van der Waals surface area (Å²) in [5.74, 6) is 0. The Bertz CT molecular complexity index is 3390. The molecule has 2 nitrogen and oxygen atoms in total. The fourth-order valence-electron chi connectivity index (χ4n) is 13.4. The largest absolute Gasteiger partial charge is 0.310 e. The molecule has 0 unspecified atom stereocenters. The van der Waals surface area contributed by atoms with Gasteiger partial charge in [0.2, 0.25) is 0 Å². The second-order valence-electron chi connectivity index (χ2n) is 28.6. The Morgan fingerprint density at radius 2 is 1.04 bits per heavy atom. The van der Waals surface area contributed by atoms with E-state index in [2.05, 4.69) is 238 Å². The molecule has 11 rings (SSSR count). The van der Waals surface area contributed by atoms with Gasteiger partial charge in [0, 0.05) is 33.0 Å². The maximum atomic E-state index is 2.84. The molecule has 1 aromatic heterocycles. The van der Waals surface area contributed by atoms with Crippen molar-refractivity contribution >= 4 is 78.0 Å². The number of aryl methyl sites for hydroxylation is 2. The van der Waals surface area contributed by atoms with Crippen LogP contribution in [0.25, 0.3) is 21.2 Å². The van der Waals surface area contributed by atoms with Crippen molar-refractivity contribution in [3.8, 4) is 11.1 Å². The summed E-state index contributed by atoms with van der Waals surface area (Å²) < 4.78 is 1.35. The van der Waals surface area contributed by atoms with Crippen LogP contribution in [-0.4, -0.2) is 6.71 Å². The van der Waals surface area contributed by atoms with Crippen molar-refractivity contribution in [1.29, 1.82) is 0 Å². The van der Waals surface area contributed by atoms with Crippen LogP contribution in [0.5, 0.6) is 0 Å². The van der Waals surface area contributed by atoms with Crippen LogP contribution in [-0.2, 0) is 37.9 Å². The summed E-state index contributed by atoms with van der Waals surface area (Å²) in [6, 6.07) is 39.9. The number of thiophene rings is 1. The van der Waals surface area contributed by atoms with Crippen molar-refractivity contribution in [2.45, 2.75) is 195 Å². The molecule has 72 heavy (non-hydrogen) atoms. The van der Waals surface area contributed by atoms with E-state index in [-0.39, 0.29) is 44.6 Å². The number of hydrogen-bond acceptors (Lipinski definition) is 3. The molecule has 6 aromatic carbocycles. The molecule has 0 N–H and O–H groups in total. The number of fused-ring (bicyclic) bond motifs is 9. The van der Waals surface area contributed by atoms with Crippen molar-refractivity contribution in [1.82, 2.24) is 0 Å². The number of rotatable bonds is 3. The Morgan fingerprint density at radius 1 is 0.486 bits per heavy atom. The topological polar surface area (TPSA) is 6.48 Å². The van der Waals surface area contributed by atoms with Crippen LogP contribution in [0, 0.1) is 13.8 Å². The molecule has 0 spiro atoms. The van der Waals surface area contributed by atoms with Gasteiger partial charge >= 0.3 is 0 Å². The van der Waals surface area contributed by atoms with Crippen LogP contribution in [0.2, 0.25) is 0 Å². The molecular formula is C68H81BN2S. The van der Waals surface area contributed by atoms with E-state index in [1.54, 1.807) is 0 Å². The SMILES string of the molecule is Cc1cc2c3c(c1)N(c1c(C)cc(C(C)(C)C)cc1-c1ccc4c(c1)C(C)(C)CCC4(C)C)c1c(ccc4c1C(C)(C)CCC4(C)C)B3c1c(sc3ccc(C(C)(C)C)cc13)N2c1ccc(C(C)(C)C)cc1. The molecule has 4 heteroatoms. The fourth-order valence-corrected chi connectivity index (χ4v) is 14.7.